The summed E-state index contributed by atoms with van der Waals surface area (Å²) in [4.78, 5) is 24.5. The molecule has 2 heterocycles. The summed E-state index contributed by atoms with van der Waals surface area (Å²) in [5, 5.41) is 12.0. The Hall–Kier alpha value is -3.13. The number of anilines is 1. The van der Waals surface area contributed by atoms with E-state index < -0.39 is 0 Å². The quantitative estimate of drug-likeness (QED) is 0.496. The lowest BCUT2D eigenvalue weighted by Gasteiger charge is -2.08. The topological polar surface area (TPSA) is 86.1 Å². The van der Waals surface area contributed by atoms with Gasteiger partial charge in [0, 0.05) is 18.3 Å². The van der Waals surface area contributed by atoms with Crippen molar-refractivity contribution in [3.63, 3.8) is 0 Å². The molecule has 0 bridgehead atoms. The Morgan fingerprint density at radius 3 is 2.83 bits per heavy atom. The second-order valence-electron chi connectivity index (χ2n) is 6.79. The van der Waals surface area contributed by atoms with E-state index in [9.17, 15) is 9.59 Å². The number of hydrogen-bond acceptors (Lipinski definition) is 6. The second-order valence-corrected chi connectivity index (χ2v) is 7.73. The molecule has 3 aromatic rings. The summed E-state index contributed by atoms with van der Waals surface area (Å²) in [6.07, 6.45) is 0. The van der Waals surface area contributed by atoms with Gasteiger partial charge in [0.05, 0.1) is 24.3 Å². The van der Waals surface area contributed by atoms with Gasteiger partial charge in [0.1, 0.15) is 5.75 Å². The molecule has 0 aliphatic carbocycles. The number of hydrogen-bond donors (Lipinski definition) is 1. The minimum absolute atomic E-state index is 0.0220. The van der Waals surface area contributed by atoms with Gasteiger partial charge < -0.3 is 14.6 Å². The molecule has 29 heavy (non-hydrogen) atoms. The van der Waals surface area contributed by atoms with Crippen LogP contribution in [-0.4, -0.2) is 39.3 Å². The SMILES string of the molecule is COc1ccccc1-c1nnc(SCC(=O)c2ccc3c(c2)[C@H](C)C(=O)N3)n1C. The molecule has 0 unspecified atom stereocenters. The Bertz CT molecular complexity index is 1110. The number of ether oxygens (including phenoxy) is 1. The monoisotopic (exact) mass is 408 g/mol. The smallest absolute Gasteiger partial charge is 0.231 e. The summed E-state index contributed by atoms with van der Waals surface area (Å²) in [5.41, 5.74) is 3.07. The number of aromatic nitrogens is 3. The first-order valence-electron chi connectivity index (χ1n) is 9.13. The third-order valence-corrected chi connectivity index (χ3v) is 6.03. The van der Waals surface area contributed by atoms with E-state index >= 15 is 0 Å². The third kappa shape index (κ3) is 3.51. The molecule has 1 atom stereocenters. The number of fused-ring (bicyclic) bond motifs is 1. The summed E-state index contributed by atoms with van der Waals surface area (Å²) < 4.78 is 7.25. The molecule has 4 rings (SSSR count). The van der Waals surface area contributed by atoms with Gasteiger partial charge in [-0.1, -0.05) is 23.9 Å². The molecule has 1 aromatic heterocycles. The number of carbonyl (C=O) groups is 2. The number of Topliss-reactive ketones (excluding diaryl/α,β-unsaturated/α-hetero) is 1. The zero-order valence-corrected chi connectivity index (χ0v) is 17.1. The first kappa shape index (κ1) is 19.2. The number of amides is 1. The molecule has 148 valence electrons. The van der Waals surface area contributed by atoms with Crippen molar-refractivity contribution >= 4 is 29.1 Å². The second kappa shape index (κ2) is 7.71. The van der Waals surface area contributed by atoms with E-state index in [-0.39, 0.29) is 23.4 Å². The molecule has 0 saturated carbocycles. The van der Waals surface area contributed by atoms with E-state index in [2.05, 4.69) is 15.5 Å². The van der Waals surface area contributed by atoms with Gasteiger partial charge in [-0.25, -0.2) is 0 Å². The molecule has 2 aromatic carbocycles. The Morgan fingerprint density at radius 1 is 1.24 bits per heavy atom. The largest absolute Gasteiger partial charge is 0.496 e. The highest BCUT2D eigenvalue weighted by atomic mass is 32.2. The molecule has 0 radical (unpaired) electrons. The van der Waals surface area contributed by atoms with Gasteiger partial charge in [-0.05, 0) is 42.8 Å². The van der Waals surface area contributed by atoms with Crippen molar-refractivity contribution in [1.82, 2.24) is 14.8 Å². The van der Waals surface area contributed by atoms with Gasteiger partial charge in [-0.15, -0.1) is 10.2 Å². The van der Waals surface area contributed by atoms with Crippen LogP contribution in [0.1, 0.15) is 28.8 Å². The van der Waals surface area contributed by atoms with Crippen molar-refractivity contribution in [2.45, 2.75) is 18.0 Å². The fourth-order valence-electron chi connectivity index (χ4n) is 3.31. The van der Waals surface area contributed by atoms with Crippen molar-refractivity contribution in [3.05, 3.63) is 53.6 Å². The highest BCUT2D eigenvalue weighted by Gasteiger charge is 2.27. The summed E-state index contributed by atoms with van der Waals surface area (Å²) in [6, 6.07) is 12.9. The van der Waals surface area contributed by atoms with Gasteiger partial charge in [0.2, 0.25) is 5.91 Å². The highest BCUT2D eigenvalue weighted by molar-refractivity contribution is 7.99. The molecule has 1 amide bonds. The van der Waals surface area contributed by atoms with Gasteiger partial charge >= 0.3 is 0 Å². The van der Waals surface area contributed by atoms with Crippen LogP contribution in [0, 0.1) is 0 Å². The Morgan fingerprint density at radius 2 is 2.03 bits per heavy atom. The molecule has 1 aliphatic heterocycles. The predicted molar refractivity (Wildman–Crippen MR) is 112 cm³/mol. The highest BCUT2D eigenvalue weighted by Crippen LogP contribution is 2.33. The molecule has 7 nitrogen and oxygen atoms in total. The molecule has 0 spiro atoms. The number of benzene rings is 2. The van der Waals surface area contributed by atoms with E-state index in [4.69, 9.17) is 4.74 Å². The number of ketones is 1. The number of nitrogens with zero attached hydrogens (tertiary/aromatic N) is 3. The fraction of sp³-hybridized carbons (Fsp3) is 0.238. The first-order chi connectivity index (χ1) is 14.0. The van der Waals surface area contributed by atoms with Crippen LogP contribution in [0.5, 0.6) is 5.75 Å². The van der Waals surface area contributed by atoms with Crippen LogP contribution < -0.4 is 10.1 Å². The lowest BCUT2D eigenvalue weighted by molar-refractivity contribution is -0.116. The average molecular weight is 408 g/mol. The fourth-order valence-corrected chi connectivity index (χ4v) is 4.11. The molecule has 1 aliphatic rings. The maximum absolute atomic E-state index is 12.7. The van der Waals surface area contributed by atoms with E-state index in [1.807, 2.05) is 42.8 Å². The van der Waals surface area contributed by atoms with Crippen LogP contribution in [0.3, 0.4) is 0 Å². The van der Waals surface area contributed by atoms with E-state index in [1.165, 1.54) is 11.8 Å². The molecule has 0 saturated heterocycles. The maximum Gasteiger partial charge on any atom is 0.231 e. The van der Waals surface area contributed by atoms with Crippen molar-refractivity contribution in [3.8, 4) is 17.1 Å². The summed E-state index contributed by atoms with van der Waals surface area (Å²) in [7, 11) is 3.48. The Labute approximate surface area is 172 Å². The third-order valence-electron chi connectivity index (χ3n) is 5.01. The summed E-state index contributed by atoms with van der Waals surface area (Å²) in [6.45, 7) is 1.84. The first-order valence-corrected chi connectivity index (χ1v) is 10.1. The summed E-state index contributed by atoms with van der Waals surface area (Å²) >= 11 is 1.33. The predicted octanol–water partition coefficient (Wildman–Crippen LogP) is 3.52. The van der Waals surface area contributed by atoms with Crippen LogP contribution in [-0.2, 0) is 11.8 Å². The number of rotatable bonds is 6. The average Bonchev–Trinajstić information content (AvgIpc) is 3.24. The molecular weight excluding hydrogens is 388 g/mol. The zero-order chi connectivity index (χ0) is 20.5. The zero-order valence-electron chi connectivity index (χ0n) is 16.3. The molecule has 1 N–H and O–H groups in total. The number of methoxy groups -OCH3 is 1. The normalized spacial score (nSPS) is 15.1. The van der Waals surface area contributed by atoms with Crippen molar-refractivity contribution in [2.24, 2.45) is 7.05 Å². The van der Waals surface area contributed by atoms with Crippen LogP contribution in [0.2, 0.25) is 0 Å². The van der Waals surface area contributed by atoms with E-state index in [1.54, 1.807) is 25.3 Å². The number of nitrogens with one attached hydrogen (secondary N) is 1. The Balaban J connectivity index is 1.50. The van der Waals surface area contributed by atoms with Gasteiger partial charge in [-0.2, -0.15) is 0 Å². The van der Waals surface area contributed by atoms with Crippen LogP contribution in [0.15, 0.2) is 47.6 Å². The summed E-state index contributed by atoms with van der Waals surface area (Å²) in [5.74, 6) is 1.31. The minimum Gasteiger partial charge on any atom is -0.496 e. The van der Waals surface area contributed by atoms with E-state index in [0.29, 0.717) is 22.3 Å². The number of thioether (sulfide) groups is 1. The maximum atomic E-state index is 12.7. The number of carbonyl (C=O) groups excluding carboxylic acids is 2. The van der Waals surface area contributed by atoms with Crippen molar-refractivity contribution in [2.75, 3.05) is 18.2 Å². The molecule has 0 fully saturated rings. The standard InChI is InChI=1S/C21H20N4O3S/c1-12-15-10-13(8-9-16(15)22-20(12)27)17(26)11-29-21-24-23-19(25(21)2)14-6-4-5-7-18(14)28-3/h4-10,12H,11H2,1-3H3,(H,22,27)/t12-/m0/s1. The van der Waals surface area contributed by atoms with E-state index in [0.717, 1.165) is 16.8 Å². The number of para-hydroxylation sites is 1. The van der Waals surface area contributed by atoms with Crippen LogP contribution in [0.4, 0.5) is 5.69 Å². The Kier molecular flexibility index (Phi) is 5.10. The lowest BCUT2D eigenvalue weighted by Crippen LogP contribution is -2.08. The van der Waals surface area contributed by atoms with Gasteiger partial charge in [0.25, 0.3) is 0 Å². The minimum atomic E-state index is -0.243. The lowest BCUT2D eigenvalue weighted by atomic mass is 9.99. The van der Waals surface area contributed by atoms with Gasteiger partial charge in [-0.3, -0.25) is 9.59 Å². The molecular formula is C21H20N4O3S. The van der Waals surface area contributed by atoms with Crippen LogP contribution in [0.25, 0.3) is 11.4 Å². The van der Waals surface area contributed by atoms with Crippen molar-refractivity contribution in [1.29, 1.82) is 0 Å². The van der Waals surface area contributed by atoms with Crippen LogP contribution >= 0.6 is 11.8 Å². The molecule has 8 heteroatoms. The van der Waals surface area contributed by atoms with Gasteiger partial charge in [0.15, 0.2) is 16.8 Å². The van der Waals surface area contributed by atoms with Crippen molar-refractivity contribution < 1.29 is 14.3 Å².